The molecule has 8 heteroatoms. The number of anilines is 3. The molecule has 166 valence electrons. The zero-order chi connectivity index (χ0) is 22.8. The van der Waals surface area contributed by atoms with Crippen LogP contribution >= 0.6 is 0 Å². The first-order valence-electron chi connectivity index (χ1n) is 10.6. The summed E-state index contributed by atoms with van der Waals surface area (Å²) in [6.45, 7) is 0.653. The highest BCUT2D eigenvalue weighted by molar-refractivity contribution is 6.01. The number of hydrogen-bond acceptors (Lipinski definition) is 4. The first-order chi connectivity index (χ1) is 16.1. The average molecular weight is 441 g/mol. The van der Waals surface area contributed by atoms with Crippen LogP contribution < -0.4 is 26.0 Å². The molecule has 33 heavy (non-hydrogen) atoms. The van der Waals surface area contributed by atoms with Gasteiger partial charge < -0.3 is 31.0 Å². The Morgan fingerprint density at radius 1 is 1.00 bits per heavy atom. The van der Waals surface area contributed by atoms with Crippen molar-refractivity contribution in [2.24, 2.45) is 5.73 Å². The van der Waals surface area contributed by atoms with Gasteiger partial charge in [0.25, 0.3) is 0 Å². The van der Waals surface area contributed by atoms with E-state index in [2.05, 4.69) is 15.6 Å². The van der Waals surface area contributed by atoms with Crippen LogP contribution in [0, 0.1) is 0 Å². The fraction of sp³-hybridized carbons (Fsp3) is 0.120. The van der Waals surface area contributed by atoms with E-state index < -0.39 is 11.9 Å². The number of amides is 3. The van der Waals surface area contributed by atoms with E-state index in [1.54, 1.807) is 18.2 Å². The van der Waals surface area contributed by atoms with Crippen LogP contribution in [0.25, 0.3) is 10.9 Å². The van der Waals surface area contributed by atoms with E-state index in [1.165, 1.54) is 0 Å². The second-order valence-corrected chi connectivity index (χ2v) is 7.88. The van der Waals surface area contributed by atoms with Crippen molar-refractivity contribution in [1.82, 2.24) is 4.98 Å². The molecule has 1 aliphatic heterocycles. The fourth-order valence-corrected chi connectivity index (χ4v) is 4.00. The summed E-state index contributed by atoms with van der Waals surface area (Å²) in [5.74, 6) is 0.166. The van der Waals surface area contributed by atoms with Gasteiger partial charge in [-0.3, -0.25) is 4.79 Å². The Morgan fingerprint density at radius 3 is 2.55 bits per heavy atom. The molecular formula is C25H23N5O3. The van der Waals surface area contributed by atoms with Crippen LogP contribution in [0.4, 0.5) is 21.9 Å². The highest BCUT2D eigenvalue weighted by Gasteiger charge is 2.32. The van der Waals surface area contributed by atoms with Gasteiger partial charge in [-0.25, -0.2) is 4.79 Å². The predicted octanol–water partition coefficient (Wildman–Crippen LogP) is 4.06. The first kappa shape index (κ1) is 20.4. The van der Waals surface area contributed by atoms with Crippen molar-refractivity contribution in [2.45, 2.75) is 12.6 Å². The number of hydrogen-bond donors (Lipinski definition) is 4. The van der Waals surface area contributed by atoms with Crippen LogP contribution in [0.2, 0.25) is 0 Å². The summed E-state index contributed by atoms with van der Waals surface area (Å²) < 4.78 is 5.78. The number of carbonyl (C=O) groups is 2. The number of nitrogens with zero attached hydrogens (tertiary/aromatic N) is 1. The molecule has 0 aliphatic carbocycles. The van der Waals surface area contributed by atoms with Gasteiger partial charge in [-0.2, -0.15) is 0 Å². The molecule has 5 rings (SSSR count). The summed E-state index contributed by atoms with van der Waals surface area (Å²) in [5, 5.41) is 6.76. The van der Waals surface area contributed by atoms with E-state index in [9.17, 15) is 9.59 Å². The van der Waals surface area contributed by atoms with Crippen molar-refractivity contribution < 1.29 is 14.3 Å². The molecule has 3 amide bonds. The maximum absolute atomic E-state index is 12.6. The molecule has 4 aromatic rings. The SMILES string of the molecule is NC(=O)C1COc2ccc(NC(=O)Nc3ccc4cc[nH]c4c3)cc2N1Cc1ccccc1. The average Bonchev–Trinajstić information content (AvgIpc) is 3.28. The first-order valence-corrected chi connectivity index (χ1v) is 10.6. The monoisotopic (exact) mass is 441 g/mol. The van der Waals surface area contributed by atoms with E-state index in [4.69, 9.17) is 10.5 Å². The third-order valence-electron chi connectivity index (χ3n) is 5.64. The second kappa shape index (κ2) is 8.58. The van der Waals surface area contributed by atoms with Crippen LogP contribution in [0.3, 0.4) is 0 Å². The molecule has 1 atom stereocenters. The number of nitrogens with one attached hydrogen (secondary N) is 3. The van der Waals surface area contributed by atoms with Crippen molar-refractivity contribution in [3.8, 4) is 5.75 Å². The number of ether oxygens (including phenoxy) is 1. The van der Waals surface area contributed by atoms with Crippen LogP contribution in [-0.2, 0) is 11.3 Å². The van der Waals surface area contributed by atoms with Crippen molar-refractivity contribution in [3.63, 3.8) is 0 Å². The summed E-state index contributed by atoms with van der Waals surface area (Å²) in [7, 11) is 0. The number of primary amides is 1. The third-order valence-corrected chi connectivity index (χ3v) is 5.64. The molecule has 0 spiro atoms. The lowest BCUT2D eigenvalue weighted by Gasteiger charge is -2.37. The molecule has 5 N–H and O–H groups in total. The molecular weight excluding hydrogens is 418 g/mol. The largest absolute Gasteiger partial charge is 0.489 e. The lowest BCUT2D eigenvalue weighted by atomic mass is 10.1. The lowest BCUT2D eigenvalue weighted by molar-refractivity contribution is -0.120. The van der Waals surface area contributed by atoms with Crippen LogP contribution in [0.1, 0.15) is 5.56 Å². The van der Waals surface area contributed by atoms with E-state index in [0.717, 1.165) is 16.5 Å². The topological polar surface area (TPSA) is 112 Å². The van der Waals surface area contributed by atoms with Gasteiger partial charge in [0.2, 0.25) is 5.91 Å². The third kappa shape index (κ3) is 4.31. The minimum absolute atomic E-state index is 0.170. The number of aromatic nitrogens is 1. The zero-order valence-electron chi connectivity index (χ0n) is 17.7. The standard InChI is InChI=1S/C25H23N5O3/c26-24(31)22-15-33-23-9-8-19(13-21(23)30(22)14-16-4-2-1-3-5-16)29-25(32)28-18-7-6-17-10-11-27-20(17)12-18/h1-13,22,27H,14-15H2,(H2,26,31)(H2,28,29,32). The summed E-state index contributed by atoms with van der Waals surface area (Å²) in [6, 6.07) is 21.8. The predicted molar refractivity (Wildman–Crippen MR) is 128 cm³/mol. The minimum atomic E-state index is -0.616. The maximum Gasteiger partial charge on any atom is 0.323 e. The second-order valence-electron chi connectivity index (χ2n) is 7.88. The maximum atomic E-state index is 12.6. The number of benzene rings is 3. The van der Waals surface area contributed by atoms with Gasteiger partial charge in [0.1, 0.15) is 18.4 Å². The van der Waals surface area contributed by atoms with Gasteiger partial charge >= 0.3 is 6.03 Å². The Labute approximate surface area is 190 Å². The van der Waals surface area contributed by atoms with Gasteiger partial charge in [0, 0.05) is 29.6 Å². The van der Waals surface area contributed by atoms with Crippen LogP contribution in [0.15, 0.2) is 79.0 Å². The number of H-pyrrole nitrogens is 1. The molecule has 8 nitrogen and oxygen atoms in total. The van der Waals surface area contributed by atoms with Gasteiger partial charge in [-0.05, 0) is 47.3 Å². The van der Waals surface area contributed by atoms with E-state index >= 15 is 0 Å². The van der Waals surface area contributed by atoms with Gasteiger partial charge in [0.05, 0.1) is 5.69 Å². The highest BCUT2D eigenvalue weighted by atomic mass is 16.5. The van der Waals surface area contributed by atoms with Crippen LogP contribution in [-0.4, -0.2) is 29.6 Å². The summed E-state index contributed by atoms with van der Waals surface area (Å²) in [4.78, 5) is 29.8. The van der Waals surface area contributed by atoms with Crippen molar-refractivity contribution >= 4 is 39.9 Å². The molecule has 3 aromatic carbocycles. The quantitative estimate of drug-likeness (QED) is 0.374. The molecule has 2 heterocycles. The molecule has 1 aliphatic rings. The van der Waals surface area contributed by atoms with E-state index in [0.29, 0.717) is 29.4 Å². The van der Waals surface area contributed by atoms with Crippen molar-refractivity contribution in [2.75, 3.05) is 22.1 Å². The van der Waals surface area contributed by atoms with E-state index in [-0.39, 0.29) is 12.6 Å². The Balaban J connectivity index is 1.37. The fourth-order valence-electron chi connectivity index (χ4n) is 4.00. The molecule has 0 fully saturated rings. The summed E-state index contributed by atoms with van der Waals surface area (Å²) in [6.07, 6.45) is 1.85. The Bertz CT molecular complexity index is 1320. The number of fused-ring (bicyclic) bond motifs is 2. The summed E-state index contributed by atoms with van der Waals surface area (Å²) in [5.41, 5.74) is 9.57. The molecule has 0 radical (unpaired) electrons. The molecule has 1 unspecified atom stereocenters. The number of carbonyl (C=O) groups excluding carboxylic acids is 2. The smallest absolute Gasteiger partial charge is 0.323 e. The van der Waals surface area contributed by atoms with Crippen LogP contribution in [0.5, 0.6) is 5.75 Å². The van der Waals surface area contributed by atoms with Gasteiger partial charge in [0.15, 0.2) is 0 Å². The van der Waals surface area contributed by atoms with Gasteiger partial charge in [-0.15, -0.1) is 0 Å². The molecule has 0 saturated carbocycles. The Morgan fingerprint density at radius 2 is 1.76 bits per heavy atom. The summed E-state index contributed by atoms with van der Waals surface area (Å²) >= 11 is 0. The number of nitrogens with two attached hydrogens (primary N) is 1. The van der Waals surface area contributed by atoms with Crippen molar-refractivity contribution in [3.05, 3.63) is 84.6 Å². The zero-order valence-corrected chi connectivity index (χ0v) is 17.7. The highest BCUT2D eigenvalue weighted by Crippen LogP contribution is 2.37. The lowest BCUT2D eigenvalue weighted by Crippen LogP contribution is -2.50. The normalized spacial score (nSPS) is 14.9. The molecule has 0 saturated heterocycles. The number of aromatic amines is 1. The van der Waals surface area contributed by atoms with Crippen molar-refractivity contribution in [1.29, 1.82) is 0 Å². The molecule has 1 aromatic heterocycles. The molecule has 0 bridgehead atoms. The number of rotatable bonds is 5. The minimum Gasteiger partial charge on any atom is -0.489 e. The van der Waals surface area contributed by atoms with E-state index in [1.807, 2.05) is 65.7 Å². The number of urea groups is 1. The Kier molecular flexibility index (Phi) is 5.32. The van der Waals surface area contributed by atoms with Gasteiger partial charge in [-0.1, -0.05) is 36.4 Å². The Hall–Kier alpha value is -4.46.